The van der Waals surface area contributed by atoms with Gasteiger partial charge in [-0.3, -0.25) is 4.79 Å². The maximum Gasteiger partial charge on any atom is 0.249 e. The van der Waals surface area contributed by atoms with Crippen LogP contribution in [0.15, 0.2) is 18.2 Å². The van der Waals surface area contributed by atoms with E-state index >= 15 is 0 Å². The van der Waals surface area contributed by atoms with Gasteiger partial charge in [-0.05, 0) is 31.5 Å². The summed E-state index contributed by atoms with van der Waals surface area (Å²) in [5.74, 6) is 0.400. The molecule has 92 valence electrons. The second-order valence-electron chi connectivity index (χ2n) is 4.31. The molecule has 0 fully saturated rings. The number of amides is 1. The standard InChI is InChI=1S/C13H18N2O2/c1-2-6-15-9-7-11-10(13(14)16)4-3-5-12(11)17-8-9/h3-5,9,15H,2,6-8H2,1H3,(H2,14,16)/t9-/m1/s1. The Labute approximate surface area is 101 Å². The number of primary amides is 1. The van der Waals surface area contributed by atoms with Gasteiger partial charge in [-0.25, -0.2) is 0 Å². The molecule has 4 heteroatoms. The fraction of sp³-hybridized carbons (Fsp3) is 0.462. The Kier molecular flexibility index (Phi) is 3.64. The molecule has 1 heterocycles. The van der Waals surface area contributed by atoms with Gasteiger partial charge in [0.2, 0.25) is 5.91 Å². The maximum atomic E-state index is 11.3. The Bertz CT molecular complexity index is 418. The minimum atomic E-state index is -0.387. The Morgan fingerprint density at radius 2 is 2.41 bits per heavy atom. The van der Waals surface area contributed by atoms with Crippen molar-refractivity contribution in [3.8, 4) is 5.75 Å². The monoisotopic (exact) mass is 234 g/mol. The summed E-state index contributed by atoms with van der Waals surface area (Å²) in [6, 6.07) is 5.71. The van der Waals surface area contributed by atoms with Gasteiger partial charge >= 0.3 is 0 Å². The zero-order chi connectivity index (χ0) is 12.3. The molecule has 0 saturated heterocycles. The molecule has 2 rings (SSSR count). The van der Waals surface area contributed by atoms with Crippen molar-refractivity contribution in [3.63, 3.8) is 0 Å². The van der Waals surface area contributed by atoms with Gasteiger partial charge < -0.3 is 15.8 Å². The average Bonchev–Trinajstić information content (AvgIpc) is 2.35. The van der Waals surface area contributed by atoms with E-state index in [2.05, 4.69) is 12.2 Å². The smallest absolute Gasteiger partial charge is 0.249 e. The number of hydrogen-bond donors (Lipinski definition) is 2. The molecule has 1 aliphatic rings. The Hall–Kier alpha value is -1.55. The summed E-state index contributed by atoms with van der Waals surface area (Å²) in [7, 11) is 0. The van der Waals surface area contributed by atoms with Crippen LogP contribution < -0.4 is 15.8 Å². The van der Waals surface area contributed by atoms with E-state index in [4.69, 9.17) is 10.5 Å². The highest BCUT2D eigenvalue weighted by Gasteiger charge is 2.23. The van der Waals surface area contributed by atoms with Crippen molar-refractivity contribution in [1.29, 1.82) is 0 Å². The van der Waals surface area contributed by atoms with E-state index < -0.39 is 0 Å². The Morgan fingerprint density at radius 1 is 1.59 bits per heavy atom. The van der Waals surface area contributed by atoms with E-state index in [1.54, 1.807) is 12.1 Å². The van der Waals surface area contributed by atoms with Crippen LogP contribution in [0.2, 0.25) is 0 Å². The highest BCUT2D eigenvalue weighted by molar-refractivity contribution is 5.95. The lowest BCUT2D eigenvalue weighted by Gasteiger charge is -2.27. The van der Waals surface area contributed by atoms with E-state index in [1.807, 2.05) is 6.07 Å². The molecule has 1 aromatic rings. The second kappa shape index (κ2) is 5.19. The van der Waals surface area contributed by atoms with Gasteiger partial charge in [0, 0.05) is 17.2 Å². The third kappa shape index (κ3) is 2.58. The largest absolute Gasteiger partial charge is 0.492 e. The molecule has 0 unspecified atom stereocenters. The van der Waals surface area contributed by atoms with Gasteiger partial charge in [-0.15, -0.1) is 0 Å². The number of hydrogen-bond acceptors (Lipinski definition) is 3. The third-order valence-corrected chi connectivity index (χ3v) is 2.97. The van der Waals surface area contributed by atoms with Crippen molar-refractivity contribution < 1.29 is 9.53 Å². The molecule has 0 aliphatic carbocycles. The summed E-state index contributed by atoms with van der Waals surface area (Å²) < 4.78 is 5.65. The summed E-state index contributed by atoms with van der Waals surface area (Å²) >= 11 is 0. The number of benzene rings is 1. The van der Waals surface area contributed by atoms with Gasteiger partial charge in [0.1, 0.15) is 12.4 Å². The average molecular weight is 234 g/mol. The fourth-order valence-electron chi connectivity index (χ4n) is 2.12. The van der Waals surface area contributed by atoms with Gasteiger partial charge in [0.25, 0.3) is 0 Å². The molecule has 4 nitrogen and oxygen atoms in total. The van der Waals surface area contributed by atoms with Crippen molar-refractivity contribution in [1.82, 2.24) is 5.32 Å². The molecule has 0 radical (unpaired) electrons. The van der Waals surface area contributed by atoms with Gasteiger partial charge in [-0.2, -0.15) is 0 Å². The van der Waals surface area contributed by atoms with Crippen molar-refractivity contribution in [2.75, 3.05) is 13.2 Å². The molecule has 0 saturated carbocycles. The molecule has 17 heavy (non-hydrogen) atoms. The van der Waals surface area contributed by atoms with Gasteiger partial charge in [0.05, 0.1) is 0 Å². The number of ether oxygens (including phenoxy) is 1. The topological polar surface area (TPSA) is 64.3 Å². The first-order valence-electron chi connectivity index (χ1n) is 6.00. The summed E-state index contributed by atoms with van der Waals surface area (Å²) in [4.78, 5) is 11.3. The summed E-state index contributed by atoms with van der Waals surface area (Å²) in [5.41, 5.74) is 6.87. The van der Waals surface area contributed by atoms with Crippen molar-refractivity contribution in [2.45, 2.75) is 25.8 Å². The lowest BCUT2D eigenvalue weighted by Crippen LogP contribution is -2.40. The first-order chi connectivity index (χ1) is 8.22. The number of nitrogens with one attached hydrogen (secondary N) is 1. The van der Waals surface area contributed by atoms with E-state index in [1.165, 1.54) is 0 Å². The highest BCUT2D eigenvalue weighted by Crippen LogP contribution is 2.27. The zero-order valence-corrected chi connectivity index (χ0v) is 10.0. The summed E-state index contributed by atoms with van der Waals surface area (Å²) in [6.45, 7) is 3.73. The quantitative estimate of drug-likeness (QED) is 0.819. The summed E-state index contributed by atoms with van der Waals surface area (Å²) in [5, 5.41) is 3.40. The molecular formula is C13H18N2O2. The number of nitrogens with two attached hydrogens (primary N) is 1. The second-order valence-corrected chi connectivity index (χ2v) is 4.31. The summed E-state index contributed by atoms with van der Waals surface area (Å²) in [6.07, 6.45) is 1.88. The molecule has 0 bridgehead atoms. The predicted octanol–water partition coefficient (Wildman–Crippen LogP) is 1.09. The Balaban J connectivity index is 2.20. The number of carbonyl (C=O) groups is 1. The minimum Gasteiger partial charge on any atom is -0.492 e. The molecule has 1 atom stereocenters. The van der Waals surface area contributed by atoms with Crippen LogP contribution in [0.4, 0.5) is 0 Å². The molecule has 0 spiro atoms. The van der Waals surface area contributed by atoms with Gasteiger partial charge in [0.15, 0.2) is 0 Å². The predicted molar refractivity (Wildman–Crippen MR) is 66.2 cm³/mol. The normalized spacial score (nSPS) is 18.3. The van der Waals surface area contributed by atoms with Crippen molar-refractivity contribution in [3.05, 3.63) is 29.3 Å². The molecule has 0 aromatic heterocycles. The van der Waals surface area contributed by atoms with Crippen LogP contribution in [-0.2, 0) is 6.42 Å². The van der Waals surface area contributed by atoms with Crippen molar-refractivity contribution >= 4 is 5.91 Å². The molecule has 1 aliphatic heterocycles. The van der Waals surface area contributed by atoms with E-state index in [-0.39, 0.29) is 11.9 Å². The SMILES string of the molecule is CCCN[C@H]1COc2cccc(C(N)=O)c2C1. The van der Waals surface area contributed by atoms with Crippen LogP contribution >= 0.6 is 0 Å². The van der Waals surface area contributed by atoms with Crippen LogP contribution in [-0.4, -0.2) is 25.1 Å². The van der Waals surface area contributed by atoms with Crippen LogP contribution in [0, 0.1) is 0 Å². The van der Waals surface area contributed by atoms with Gasteiger partial charge in [-0.1, -0.05) is 13.0 Å². The first-order valence-corrected chi connectivity index (χ1v) is 6.00. The fourth-order valence-corrected chi connectivity index (χ4v) is 2.12. The number of rotatable bonds is 4. The van der Waals surface area contributed by atoms with Crippen LogP contribution in [0.1, 0.15) is 29.3 Å². The molecule has 1 aromatic carbocycles. The molecule has 1 amide bonds. The number of fused-ring (bicyclic) bond motifs is 1. The first kappa shape index (κ1) is 11.9. The lowest BCUT2D eigenvalue weighted by molar-refractivity contribution is 0.0997. The van der Waals surface area contributed by atoms with Crippen LogP contribution in [0.5, 0.6) is 5.75 Å². The minimum absolute atomic E-state index is 0.267. The van der Waals surface area contributed by atoms with E-state index in [9.17, 15) is 4.79 Å². The lowest BCUT2D eigenvalue weighted by atomic mass is 9.97. The van der Waals surface area contributed by atoms with Crippen molar-refractivity contribution in [2.24, 2.45) is 5.73 Å². The molecule has 3 N–H and O–H groups in total. The molecular weight excluding hydrogens is 216 g/mol. The van der Waals surface area contributed by atoms with E-state index in [0.717, 1.165) is 30.7 Å². The van der Waals surface area contributed by atoms with Crippen LogP contribution in [0.3, 0.4) is 0 Å². The number of carbonyl (C=O) groups excluding carboxylic acids is 1. The Morgan fingerprint density at radius 3 is 3.12 bits per heavy atom. The zero-order valence-electron chi connectivity index (χ0n) is 10.0. The maximum absolute atomic E-state index is 11.3. The third-order valence-electron chi connectivity index (χ3n) is 2.97. The highest BCUT2D eigenvalue weighted by atomic mass is 16.5. The van der Waals surface area contributed by atoms with E-state index in [0.29, 0.717) is 12.2 Å². The van der Waals surface area contributed by atoms with Crippen LogP contribution in [0.25, 0.3) is 0 Å².